The van der Waals surface area contributed by atoms with Gasteiger partial charge in [-0.25, -0.2) is 0 Å². The van der Waals surface area contributed by atoms with Gasteiger partial charge in [0.1, 0.15) is 11.6 Å². The summed E-state index contributed by atoms with van der Waals surface area (Å²) in [6.07, 6.45) is 4.12. The molecule has 4 aromatic rings. The second-order valence-corrected chi connectivity index (χ2v) is 16.3. The molecule has 2 fully saturated rings. The van der Waals surface area contributed by atoms with Gasteiger partial charge in [0.25, 0.3) is 0 Å². The predicted octanol–water partition coefficient (Wildman–Crippen LogP) is 7.99. The van der Waals surface area contributed by atoms with Gasteiger partial charge < -0.3 is 35.7 Å². The average Bonchev–Trinajstić information content (AvgIpc) is 3.68. The number of aliphatic hydroxyl groups is 1. The second kappa shape index (κ2) is 20.1. The van der Waals surface area contributed by atoms with E-state index in [-0.39, 0.29) is 42.6 Å². The predicted molar refractivity (Wildman–Crippen MR) is 225 cm³/mol. The van der Waals surface area contributed by atoms with Gasteiger partial charge in [-0.05, 0) is 92.9 Å². The SMILES string of the molecule is CC(C)(C)OC(=O)[C@@H]1CCCN1C[C@H]1C[C@@H](c2ccc(CO)cc2)O[C@@H](c2ccc(-c3ccccc3CNC(=O)CCCCCC(=O)Nc3ccccc3N)cc2)O1. The molecule has 0 saturated carbocycles. The number of aliphatic hydroxyl groups excluding tert-OH is 1. The van der Waals surface area contributed by atoms with Crippen molar-refractivity contribution in [2.24, 2.45) is 0 Å². The molecule has 0 bridgehead atoms. The molecule has 2 aliphatic heterocycles. The number of nitrogens with two attached hydrogens (primary N) is 1. The number of nitrogen functional groups attached to an aromatic ring is 1. The number of carbonyl (C=O) groups excluding carboxylic acids is 3. The highest BCUT2D eigenvalue weighted by Crippen LogP contribution is 2.39. The minimum absolute atomic E-state index is 0.0280. The van der Waals surface area contributed by atoms with Crippen molar-refractivity contribution in [3.05, 3.63) is 119 Å². The summed E-state index contributed by atoms with van der Waals surface area (Å²) in [4.78, 5) is 40.4. The number of anilines is 2. The van der Waals surface area contributed by atoms with E-state index < -0.39 is 11.9 Å². The lowest BCUT2D eigenvalue weighted by atomic mass is 9.97. The summed E-state index contributed by atoms with van der Waals surface area (Å²) in [5.41, 5.74) is 12.3. The summed E-state index contributed by atoms with van der Waals surface area (Å²) in [7, 11) is 0. The van der Waals surface area contributed by atoms with Crippen molar-refractivity contribution in [2.75, 3.05) is 24.1 Å². The average molecular weight is 791 g/mol. The van der Waals surface area contributed by atoms with Gasteiger partial charge in [0.15, 0.2) is 6.29 Å². The third kappa shape index (κ3) is 12.0. The Hall–Kier alpha value is -5.07. The topological polar surface area (TPSA) is 152 Å². The molecule has 2 amide bonds. The number of amides is 2. The molecule has 4 atom stereocenters. The lowest BCUT2D eigenvalue weighted by Gasteiger charge is -2.38. The van der Waals surface area contributed by atoms with Crippen molar-refractivity contribution in [3.8, 4) is 11.1 Å². The van der Waals surface area contributed by atoms with Gasteiger partial charge in [-0.1, -0.05) is 91.3 Å². The molecule has 5 N–H and O–H groups in total. The van der Waals surface area contributed by atoms with E-state index >= 15 is 0 Å². The Morgan fingerprint density at radius 2 is 1.53 bits per heavy atom. The molecule has 2 saturated heterocycles. The number of unbranched alkanes of at least 4 members (excludes halogenated alkanes) is 2. The molecule has 11 heteroatoms. The first kappa shape index (κ1) is 42.5. The molecule has 2 aliphatic rings. The maximum absolute atomic E-state index is 13.1. The summed E-state index contributed by atoms with van der Waals surface area (Å²) in [5, 5.41) is 15.5. The van der Waals surface area contributed by atoms with E-state index in [1.54, 1.807) is 12.1 Å². The van der Waals surface area contributed by atoms with Gasteiger partial charge in [-0.15, -0.1) is 0 Å². The number of likely N-dealkylation sites (tertiary alicyclic amines) is 1. The van der Waals surface area contributed by atoms with Gasteiger partial charge >= 0.3 is 5.97 Å². The smallest absolute Gasteiger partial charge is 0.323 e. The van der Waals surface area contributed by atoms with Gasteiger partial charge in [-0.3, -0.25) is 19.3 Å². The lowest BCUT2D eigenvalue weighted by Crippen LogP contribution is -2.45. The van der Waals surface area contributed by atoms with Gasteiger partial charge in [0, 0.05) is 37.9 Å². The van der Waals surface area contributed by atoms with Gasteiger partial charge in [0.2, 0.25) is 11.8 Å². The maximum atomic E-state index is 13.1. The summed E-state index contributed by atoms with van der Waals surface area (Å²) in [6, 6.07) is 30.9. The van der Waals surface area contributed by atoms with E-state index in [1.165, 1.54) is 0 Å². The van der Waals surface area contributed by atoms with Crippen LogP contribution in [0.1, 0.15) is 107 Å². The minimum atomic E-state index is -0.635. The van der Waals surface area contributed by atoms with E-state index in [0.717, 1.165) is 59.2 Å². The van der Waals surface area contributed by atoms with Crippen LogP contribution in [0.4, 0.5) is 11.4 Å². The highest BCUT2D eigenvalue weighted by Gasteiger charge is 2.39. The van der Waals surface area contributed by atoms with Crippen LogP contribution in [-0.4, -0.2) is 58.6 Å². The number of rotatable bonds is 16. The largest absolute Gasteiger partial charge is 0.459 e. The Morgan fingerprint density at radius 3 is 2.26 bits per heavy atom. The van der Waals surface area contributed by atoms with Crippen LogP contribution in [0.15, 0.2) is 97.1 Å². The molecule has 58 heavy (non-hydrogen) atoms. The number of para-hydroxylation sites is 2. The first-order chi connectivity index (χ1) is 28.0. The van der Waals surface area contributed by atoms with E-state index in [0.29, 0.717) is 56.6 Å². The molecule has 308 valence electrons. The number of benzene rings is 4. The zero-order valence-electron chi connectivity index (χ0n) is 34.0. The number of carbonyl (C=O) groups is 3. The standard InChI is InChI=1S/C47H58N4O7/c1-47(2,3)58-45(55)41-16-11-27-51(41)30-37-28-42(34-21-19-32(31-52)20-22-34)57-46(56-37)35-25-23-33(24-26-35)38-13-8-7-12-36(38)29-49-43(53)17-5-4-6-18-44(54)50-40-15-10-9-14-39(40)48/h7-10,12-15,19-26,37,41-42,46,52H,4-6,11,16-18,27-31,48H2,1-3H3,(H,49,53)(H,50,54)/t37-,41+,42+,46+/m1/s1. The van der Waals surface area contributed by atoms with E-state index in [2.05, 4.69) is 33.7 Å². The number of ether oxygens (including phenoxy) is 3. The first-order valence-electron chi connectivity index (χ1n) is 20.5. The normalized spacial score (nSPS) is 19.7. The van der Waals surface area contributed by atoms with Crippen LogP contribution in [0, 0.1) is 0 Å². The first-order valence-corrected chi connectivity index (χ1v) is 20.5. The highest BCUT2D eigenvalue weighted by atomic mass is 16.7. The molecule has 0 unspecified atom stereocenters. The van der Waals surface area contributed by atoms with Crippen molar-refractivity contribution in [2.45, 2.75) is 115 Å². The van der Waals surface area contributed by atoms with Crippen molar-refractivity contribution in [1.82, 2.24) is 10.2 Å². The van der Waals surface area contributed by atoms with Crippen LogP contribution < -0.4 is 16.4 Å². The quantitative estimate of drug-likeness (QED) is 0.0503. The van der Waals surface area contributed by atoms with Crippen molar-refractivity contribution >= 4 is 29.2 Å². The maximum Gasteiger partial charge on any atom is 0.323 e. The molecule has 2 heterocycles. The third-order valence-corrected chi connectivity index (χ3v) is 10.6. The molecule has 0 radical (unpaired) electrons. The van der Waals surface area contributed by atoms with Crippen LogP contribution >= 0.6 is 0 Å². The Balaban J connectivity index is 1.05. The molecule has 0 aliphatic carbocycles. The molecule has 11 nitrogen and oxygen atoms in total. The van der Waals surface area contributed by atoms with Crippen LogP contribution in [0.3, 0.4) is 0 Å². The van der Waals surface area contributed by atoms with Crippen LogP contribution in [-0.2, 0) is 41.7 Å². The zero-order valence-corrected chi connectivity index (χ0v) is 34.0. The van der Waals surface area contributed by atoms with Crippen LogP contribution in [0.5, 0.6) is 0 Å². The van der Waals surface area contributed by atoms with Crippen LogP contribution in [0.25, 0.3) is 11.1 Å². The Bertz CT molecular complexity index is 1980. The number of nitrogens with one attached hydrogen (secondary N) is 2. The molecule has 0 spiro atoms. The fourth-order valence-electron chi connectivity index (χ4n) is 7.61. The number of esters is 1. The fourth-order valence-corrected chi connectivity index (χ4v) is 7.61. The fraction of sp³-hybridized carbons (Fsp3) is 0.426. The summed E-state index contributed by atoms with van der Waals surface area (Å²) in [6.45, 7) is 7.42. The number of hydrogen-bond acceptors (Lipinski definition) is 9. The van der Waals surface area contributed by atoms with Crippen molar-refractivity contribution < 1.29 is 33.7 Å². The van der Waals surface area contributed by atoms with Crippen LogP contribution in [0.2, 0.25) is 0 Å². The molecule has 6 rings (SSSR count). The monoisotopic (exact) mass is 790 g/mol. The Kier molecular flexibility index (Phi) is 14.7. The van der Waals surface area contributed by atoms with E-state index in [1.807, 2.05) is 87.5 Å². The second-order valence-electron chi connectivity index (χ2n) is 16.3. The number of nitrogens with zero attached hydrogens (tertiary/aromatic N) is 1. The Labute approximate surface area is 342 Å². The molecular weight excluding hydrogens is 733 g/mol. The third-order valence-electron chi connectivity index (χ3n) is 10.6. The molecular formula is C47H58N4O7. The zero-order chi connectivity index (χ0) is 41.1. The van der Waals surface area contributed by atoms with Gasteiger partial charge in [-0.2, -0.15) is 0 Å². The van der Waals surface area contributed by atoms with E-state index in [4.69, 9.17) is 19.9 Å². The van der Waals surface area contributed by atoms with Gasteiger partial charge in [0.05, 0.1) is 30.2 Å². The number of hydrogen-bond donors (Lipinski definition) is 4. The van der Waals surface area contributed by atoms with E-state index in [9.17, 15) is 19.5 Å². The minimum Gasteiger partial charge on any atom is -0.459 e. The summed E-state index contributed by atoms with van der Waals surface area (Å²) in [5.74, 6) is -0.305. The highest BCUT2D eigenvalue weighted by molar-refractivity contribution is 5.93. The summed E-state index contributed by atoms with van der Waals surface area (Å²) >= 11 is 0. The molecule has 4 aromatic carbocycles. The Morgan fingerprint density at radius 1 is 0.845 bits per heavy atom. The lowest BCUT2D eigenvalue weighted by molar-refractivity contribution is -0.253. The summed E-state index contributed by atoms with van der Waals surface area (Å²) < 4.78 is 19.0. The van der Waals surface area contributed by atoms with Crippen molar-refractivity contribution in [1.29, 1.82) is 0 Å². The molecule has 0 aromatic heterocycles. The van der Waals surface area contributed by atoms with Crippen molar-refractivity contribution in [3.63, 3.8) is 0 Å².